The zero-order valence-corrected chi connectivity index (χ0v) is 25.3. The zero-order chi connectivity index (χ0) is 28.2. The fourth-order valence-electron chi connectivity index (χ4n) is 5.29. The Morgan fingerprint density at radius 2 is 1.48 bits per heavy atom. The molecule has 2 unspecified atom stereocenters. The summed E-state index contributed by atoms with van der Waals surface area (Å²) >= 11 is 0. The molecule has 0 aromatic heterocycles. The van der Waals surface area contributed by atoms with Crippen molar-refractivity contribution in [3.63, 3.8) is 0 Å². The van der Waals surface area contributed by atoms with E-state index in [4.69, 9.17) is 9.47 Å². The molecule has 0 aliphatic heterocycles. The van der Waals surface area contributed by atoms with Crippen molar-refractivity contribution in [2.75, 3.05) is 21.0 Å². The van der Waals surface area contributed by atoms with Crippen LogP contribution in [-0.4, -0.2) is 27.2 Å². The van der Waals surface area contributed by atoms with E-state index in [0.717, 1.165) is 37.9 Å². The third-order valence-corrected chi connectivity index (χ3v) is 9.10. The molecule has 4 aromatic carbocycles. The Labute approximate surface area is 242 Å². The topological polar surface area (TPSA) is 30.8 Å². The fraction of sp³-hybridized carbons (Fsp3) is 0.306. The second-order valence-electron chi connectivity index (χ2n) is 10.5. The van der Waals surface area contributed by atoms with Gasteiger partial charge in [0.2, 0.25) is 0 Å². The van der Waals surface area contributed by atoms with Gasteiger partial charge < -0.3 is 9.47 Å². The number of rotatable bonds is 14. The molecule has 0 aliphatic carbocycles. The van der Waals surface area contributed by atoms with Crippen LogP contribution in [0.3, 0.4) is 0 Å². The van der Waals surface area contributed by atoms with Crippen molar-refractivity contribution in [2.24, 2.45) is 4.99 Å². The van der Waals surface area contributed by atoms with E-state index in [9.17, 15) is 0 Å². The summed E-state index contributed by atoms with van der Waals surface area (Å²) in [6, 6.07) is 34.9. The number of hydrogen-bond acceptors (Lipinski definition) is 3. The maximum atomic E-state index is 6.49. The molecule has 4 heteroatoms. The number of benzene rings is 4. The molecule has 4 rings (SSSR count). The number of unbranched alkanes of at least 4 members (excludes halogenated alkanes) is 1. The molecule has 0 radical (unpaired) electrons. The molecule has 0 heterocycles. The molecule has 4 aromatic rings. The van der Waals surface area contributed by atoms with Gasteiger partial charge in [0.25, 0.3) is 0 Å². The van der Waals surface area contributed by atoms with Gasteiger partial charge in [0.15, 0.2) is 6.79 Å². The van der Waals surface area contributed by atoms with Crippen LogP contribution >= 0.6 is 8.58 Å². The molecule has 0 fully saturated rings. The van der Waals surface area contributed by atoms with Crippen LogP contribution < -0.4 is 10.0 Å². The maximum absolute atomic E-state index is 6.49. The summed E-state index contributed by atoms with van der Waals surface area (Å²) in [4.78, 5) is 4.35. The Hall–Kier alpha value is -3.26. The summed E-state index contributed by atoms with van der Waals surface area (Å²) in [7, 11) is 4.10. The van der Waals surface area contributed by atoms with Crippen LogP contribution in [0.4, 0.5) is 0 Å². The molecule has 0 saturated heterocycles. The standard InChI is InChI=1S/C36H42NO2P/c1-5-6-21-36(2,40-34-20-14-13-19-31(34)26-37-3)33-25-30(22-28-15-9-7-10-16-28)24-32(35(33)39-27-38-4)23-29-17-11-8-12-18-29/h7-20,24-26,40H,5-6,21-23,27H2,1-4H3. The van der Waals surface area contributed by atoms with Crippen LogP contribution in [0, 0.1) is 0 Å². The first-order valence-electron chi connectivity index (χ1n) is 14.2. The highest BCUT2D eigenvalue weighted by molar-refractivity contribution is 7.48. The Morgan fingerprint density at radius 1 is 0.825 bits per heavy atom. The van der Waals surface area contributed by atoms with Gasteiger partial charge in [-0.1, -0.05) is 132 Å². The number of ether oxygens (including phenoxy) is 2. The Morgan fingerprint density at radius 3 is 2.12 bits per heavy atom. The molecule has 0 N–H and O–H groups in total. The quantitative estimate of drug-likeness (QED) is 0.0896. The van der Waals surface area contributed by atoms with Crippen LogP contribution in [0.5, 0.6) is 5.75 Å². The largest absolute Gasteiger partial charge is 0.467 e. The van der Waals surface area contributed by atoms with Gasteiger partial charge in [-0.15, -0.1) is 0 Å². The molecule has 3 nitrogen and oxygen atoms in total. The lowest BCUT2D eigenvalue weighted by molar-refractivity contribution is 0.0493. The lowest BCUT2D eigenvalue weighted by Gasteiger charge is -2.34. The van der Waals surface area contributed by atoms with E-state index < -0.39 is 0 Å². The second-order valence-corrected chi connectivity index (χ2v) is 12.4. The summed E-state index contributed by atoms with van der Waals surface area (Å²) in [5.74, 6) is 0.968. The van der Waals surface area contributed by atoms with Gasteiger partial charge in [0.1, 0.15) is 5.75 Å². The summed E-state index contributed by atoms with van der Waals surface area (Å²) in [5, 5.41) is 1.22. The van der Waals surface area contributed by atoms with Gasteiger partial charge in [-0.25, -0.2) is 0 Å². The van der Waals surface area contributed by atoms with Crippen LogP contribution in [0.25, 0.3) is 0 Å². The first kappa shape index (κ1) is 29.7. The molecule has 0 saturated carbocycles. The van der Waals surface area contributed by atoms with Crippen molar-refractivity contribution >= 4 is 20.1 Å². The van der Waals surface area contributed by atoms with Gasteiger partial charge >= 0.3 is 0 Å². The van der Waals surface area contributed by atoms with E-state index in [2.05, 4.69) is 116 Å². The average Bonchev–Trinajstić information content (AvgIpc) is 2.97. The monoisotopic (exact) mass is 551 g/mol. The molecule has 0 amide bonds. The summed E-state index contributed by atoms with van der Waals surface area (Å²) in [6.45, 7) is 4.92. The molecular formula is C36H42NO2P. The second kappa shape index (κ2) is 14.9. The van der Waals surface area contributed by atoms with E-state index >= 15 is 0 Å². The molecule has 0 bridgehead atoms. The highest BCUT2D eigenvalue weighted by Gasteiger charge is 2.32. The Kier molecular flexibility index (Phi) is 11.1. The number of hydrogen-bond donors (Lipinski definition) is 0. The van der Waals surface area contributed by atoms with Crippen molar-refractivity contribution in [3.05, 3.63) is 130 Å². The van der Waals surface area contributed by atoms with Crippen LogP contribution in [0.2, 0.25) is 0 Å². The zero-order valence-electron chi connectivity index (χ0n) is 24.3. The van der Waals surface area contributed by atoms with Gasteiger partial charge in [-0.05, 0) is 46.0 Å². The van der Waals surface area contributed by atoms with Crippen molar-refractivity contribution in [2.45, 2.75) is 51.1 Å². The molecule has 0 spiro atoms. The molecule has 2 atom stereocenters. The number of nitrogens with zero attached hydrogens (tertiary/aromatic N) is 1. The van der Waals surface area contributed by atoms with Crippen molar-refractivity contribution in [1.29, 1.82) is 0 Å². The predicted octanol–water partition coefficient (Wildman–Crippen LogP) is 8.31. The molecule has 40 heavy (non-hydrogen) atoms. The first-order valence-corrected chi connectivity index (χ1v) is 15.2. The minimum absolute atomic E-state index is 0.116. The van der Waals surface area contributed by atoms with E-state index in [0.29, 0.717) is 8.58 Å². The highest BCUT2D eigenvalue weighted by atomic mass is 31.1. The predicted molar refractivity (Wildman–Crippen MR) is 172 cm³/mol. The highest BCUT2D eigenvalue weighted by Crippen LogP contribution is 2.50. The normalized spacial score (nSPS) is 13.2. The number of aliphatic imine (C=N–C) groups is 1. The minimum atomic E-state index is -0.116. The van der Waals surface area contributed by atoms with Gasteiger partial charge in [-0.3, -0.25) is 4.99 Å². The fourth-order valence-corrected chi connectivity index (χ4v) is 6.98. The van der Waals surface area contributed by atoms with E-state index in [1.54, 1.807) is 7.11 Å². The number of methoxy groups -OCH3 is 1. The van der Waals surface area contributed by atoms with Crippen LogP contribution in [0.15, 0.2) is 102 Å². The van der Waals surface area contributed by atoms with Gasteiger partial charge in [0.05, 0.1) is 0 Å². The van der Waals surface area contributed by atoms with Crippen molar-refractivity contribution < 1.29 is 9.47 Å². The van der Waals surface area contributed by atoms with E-state index in [1.165, 1.54) is 38.7 Å². The van der Waals surface area contributed by atoms with Gasteiger partial charge in [-0.2, -0.15) is 0 Å². The van der Waals surface area contributed by atoms with Crippen LogP contribution in [-0.2, 0) is 22.7 Å². The SMILES string of the molecule is CCCCC(C)(Pc1ccccc1C=NC)c1cc(Cc2ccccc2)cc(Cc2ccccc2)c1OCOC. The van der Waals surface area contributed by atoms with Crippen LogP contribution in [0.1, 0.15) is 66.5 Å². The summed E-state index contributed by atoms with van der Waals surface area (Å²) in [6.07, 6.45) is 7.04. The average molecular weight is 552 g/mol. The van der Waals surface area contributed by atoms with Crippen molar-refractivity contribution in [1.82, 2.24) is 0 Å². The van der Waals surface area contributed by atoms with Crippen molar-refractivity contribution in [3.8, 4) is 5.75 Å². The smallest absolute Gasteiger partial charge is 0.188 e. The van der Waals surface area contributed by atoms with Gasteiger partial charge in [0, 0.05) is 37.5 Å². The summed E-state index contributed by atoms with van der Waals surface area (Å²) in [5.41, 5.74) is 7.58. The molecule has 208 valence electrons. The van der Waals surface area contributed by atoms with E-state index in [-0.39, 0.29) is 11.9 Å². The minimum Gasteiger partial charge on any atom is -0.467 e. The third kappa shape index (κ3) is 7.90. The summed E-state index contributed by atoms with van der Waals surface area (Å²) < 4.78 is 12.0. The molecule has 0 aliphatic rings. The lowest BCUT2D eigenvalue weighted by atomic mass is 9.87. The Bertz CT molecular complexity index is 1370. The van der Waals surface area contributed by atoms with E-state index in [1.807, 2.05) is 13.3 Å². The molecular weight excluding hydrogens is 509 g/mol. The maximum Gasteiger partial charge on any atom is 0.188 e. The Balaban J connectivity index is 1.90. The first-order chi connectivity index (χ1) is 19.6. The lowest BCUT2D eigenvalue weighted by Crippen LogP contribution is -2.23. The third-order valence-electron chi connectivity index (χ3n) is 7.30.